The number of amides is 1. The number of benzene rings is 2. The van der Waals surface area contributed by atoms with Gasteiger partial charge in [0, 0.05) is 10.8 Å². The van der Waals surface area contributed by atoms with Crippen LogP contribution >= 0.6 is 11.3 Å². The number of ether oxygens (including phenoxy) is 1. The Bertz CT molecular complexity index is 1300. The highest BCUT2D eigenvalue weighted by molar-refractivity contribution is 7.14. The first kappa shape index (κ1) is 17.4. The number of nitrogens with one attached hydrogen (secondary N) is 1. The number of oxazole rings is 1. The van der Waals surface area contributed by atoms with E-state index in [1.165, 1.54) is 11.3 Å². The molecule has 0 aliphatic rings. The first-order chi connectivity index (χ1) is 14.2. The molecule has 3 heterocycles. The smallest absolute Gasteiger partial charge is 0.313 e. The Balaban J connectivity index is 1.37. The van der Waals surface area contributed by atoms with Gasteiger partial charge in [-0.25, -0.2) is 9.97 Å². The molecule has 8 heteroatoms. The first-order valence-corrected chi connectivity index (χ1v) is 9.87. The summed E-state index contributed by atoms with van der Waals surface area (Å²) in [5.74, 6) is 0.951. The summed E-state index contributed by atoms with van der Waals surface area (Å²) < 4.78 is 16.9. The Kier molecular flexibility index (Phi) is 4.25. The van der Waals surface area contributed by atoms with Crippen LogP contribution in [0.2, 0.25) is 0 Å². The van der Waals surface area contributed by atoms with Crippen molar-refractivity contribution in [2.45, 2.75) is 6.92 Å². The zero-order valence-corrected chi connectivity index (χ0v) is 16.2. The summed E-state index contributed by atoms with van der Waals surface area (Å²) in [4.78, 5) is 21.1. The molecule has 5 aromatic rings. The third-order valence-corrected chi connectivity index (χ3v) is 5.02. The molecule has 0 aliphatic carbocycles. The van der Waals surface area contributed by atoms with E-state index in [2.05, 4.69) is 15.3 Å². The molecule has 0 bridgehead atoms. The van der Waals surface area contributed by atoms with Gasteiger partial charge in [0.25, 0.3) is 5.89 Å². The number of anilines is 1. The Labute approximate surface area is 168 Å². The lowest BCUT2D eigenvalue weighted by atomic mass is 10.2. The molecule has 0 saturated carbocycles. The van der Waals surface area contributed by atoms with E-state index in [4.69, 9.17) is 13.6 Å². The normalized spacial score (nSPS) is 11.2. The van der Waals surface area contributed by atoms with E-state index < -0.39 is 5.91 Å². The summed E-state index contributed by atoms with van der Waals surface area (Å²) in [6, 6.07) is 14.8. The van der Waals surface area contributed by atoms with Crippen molar-refractivity contribution in [3.8, 4) is 17.2 Å². The number of thiazole rings is 1. The predicted molar refractivity (Wildman–Crippen MR) is 110 cm³/mol. The van der Waals surface area contributed by atoms with Crippen LogP contribution in [0.1, 0.15) is 17.6 Å². The SMILES string of the molecule is CCOc1ccc2oc(-c3csc(NC(=O)c4nc5ccccc5o4)n3)cc2c1. The number of aromatic nitrogens is 2. The minimum Gasteiger partial charge on any atom is -0.494 e. The van der Waals surface area contributed by atoms with Crippen LogP contribution in [0.4, 0.5) is 5.13 Å². The summed E-state index contributed by atoms with van der Waals surface area (Å²) in [7, 11) is 0. The van der Waals surface area contributed by atoms with Gasteiger partial charge in [0.2, 0.25) is 0 Å². The minimum atomic E-state index is -0.451. The maximum Gasteiger partial charge on any atom is 0.313 e. The van der Waals surface area contributed by atoms with Crippen molar-refractivity contribution in [1.82, 2.24) is 9.97 Å². The van der Waals surface area contributed by atoms with Gasteiger partial charge >= 0.3 is 5.91 Å². The molecule has 29 heavy (non-hydrogen) atoms. The highest BCUT2D eigenvalue weighted by Gasteiger charge is 2.17. The maximum atomic E-state index is 12.4. The highest BCUT2D eigenvalue weighted by atomic mass is 32.1. The van der Waals surface area contributed by atoms with Gasteiger partial charge in [0.1, 0.15) is 22.5 Å². The largest absolute Gasteiger partial charge is 0.494 e. The second-order valence-electron chi connectivity index (χ2n) is 6.22. The number of para-hydroxylation sites is 2. The molecule has 0 fully saturated rings. The topological polar surface area (TPSA) is 90.4 Å². The van der Waals surface area contributed by atoms with Gasteiger partial charge in [-0.2, -0.15) is 0 Å². The fourth-order valence-corrected chi connectivity index (χ4v) is 3.66. The first-order valence-electron chi connectivity index (χ1n) is 8.99. The molecule has 0 atom stereocenters. The predicted octanol–water partition coefficient (Wildman–Crippen LogP) is 5.35. The van der Waals surface area contributed by atoms with E-state index in [1.807, 2.05) is 48.7 Å². The van der Waals surface area contributed by atoms with E-state index in [0.717, 1.165) is 16.7 Å². The van der Waals surface area contributed by atoms with Crippen molar-refractivity contribution in [1.29, 1.82) is 0 Å². The van der Waals surface area contributed by atoms with E-state index in [-0.39, 0.29) is 5.89 Å². The standard InChI is InChI=1S/C21H15N3O4S/c1-2-26-13-7-8-16-12(9-13)10-18(27-16)15-11-29-21(23-15)24-19(25)20-22-14-5-3-4-6-17(14)28-20/h3-11H,2H2,1H3,(H,23,24,25). The number of furan rings is 1. The second kappa shape index (κ2) is 7.06. The molecule has 7 nitrogen and oxygen atoms in total. The Morgan fingerprint density at radius 2 is 2.00 bits per heavy atom. The van der Waals surface area contributed by atoms with Crippen LogP contribution in [0.3, 0.4) is 0 Å². The van der Waals surface area contributed by atoms with Gasteiger partial charge < -0.3 is 13.6 Å². The summed E-state index contributed by atoms with van der Waals surface area (Å²) >= 11 is 1.30. The summed E-state index contributed by atoms with van der Waals surface area (Å²) in [6.45, 7) is 2.54. The van der Waals surface area contributed by atoms with Crippen molar-refractivity contribution in [3.63, 3.8) is 0 Å². The number of fused-ring (bicyclic) bond motifs is 2. The number of hydrogen-bond donors (Lipinski definition) is 1. The Morgan fingerprint density at radius 1 is 1.10 bits per heavy atom. The summed E-state index contributed by atoms with van der Waals surface area (Å²) in [5, 5.41) is 5.90. The molecular weight excluding hydrogens is 390 g/mol. The molecule has 0 spiro atoms. The lowest BCUT2D eigenvalue weighted by molar-refractivity contribution is 0.0992. The molecular formula is C21H15N3O4S. The zero-order chi connectivity index (χ0) is 19.8. The lowest BCUT2D eigenvalue weighted by Crippen LogP contribution is -2.11. The second-order valence-corrected chi connectivity index (χ2v) is 7.08. The van der Waals surface area contributed by atoms with Crippen molar-refractivity contribution in [3.05, 3.63) is 59.8 Å². The van der Waals surface area contributed by atoms with Crippen LogP contribution in [0.15, 0.2) is 62.7 Å². The lowest BCUT2D eigenvalue weighted by Gasteiger charge is -2.00. The van der Waals surface area contributed by atoms with Gasteiger partial charge in [-0.1, -0.05) is 12.1 Å². The van der Waals surface area contributed by atoms with Gasteiger partial charge in [-0.05, 0) is 43.3 Å². The van der Waals surface area contributed by atoms with Gasteiger partial charge in [-0.3, -0.25) is 10.1 Å². The number of hydrogen-bond acceptors (Lipinski definition) is 7. The van der Waals surface area contributed by atoms with Crippen LogP contribution in [0, 0.1) is 0 Å². The molecule has 5 rings (SSSR count). The van der Waals surface area contributed by atoms with E-state index in [1.54, 1.807) is 12.1 Å². The Morgan fingerprint density at radius 3 is 2.86 bits per heavy atom. The molecule has 0 aliphatic heterocycles. The zero-order valence-electron chi connectivity index (χ0n) is 15.3. The van der Waals surface area contributed by atoms with Crippen molar-refractivity contribution >= 4 is 44.4 Å². The molecule has 144 valence electrons. The minimum absolute atomic E-state index is 0.00450. The number of carbonyl (C=O) groups is 1. The molecule has 3 aromatic heterocycles. The van der Waals surface area contributed by atoms with Crippen LogP contribution < -0.4 is 10.1 Å². The van der Waals surface area contributed by atoms with E-state index in [9.17, 15) is 4.79 Å². The highest BCUT2D eigenvalue weighted by Crippen LogP contribution is 2.32. The summed E-state index contributed by atoms with van der Waals surface area (Å²) in [5.41, 5.74) is 2.57. The van der Waals surface area contributed by atoms with Crippen LogP contribution in [0.25, 0.3) is 33.5 Å². The molecule has 0 radical (unpaired) electrons. The number of nitrogens with zero attached hydrogens (tertiary/aromatic N) is 2. The third-order valence-electron chi connectivity index (χ3n) is 4.26. The fraction of sp³-hybridized carbons (Fsp3) is 0.0952. The average molecular weight is 405 g/mol. The van der Waals surface area contributed by atoms with Gasteiger partial charge in [-0.15, -0.1) is 11.3 Å². The Hall–Kier alpha value is -3.65. The van der Waals surface area contributed by atoms with Crippen LogP contribution in [-0.4, -0.2) is 22.5 Å². The molecule has 0 saturated heterocycles. The monoisotopic (exact) mass is 405 g/mol. The van der Waals surface area contributed by atoms with Crippen molar-refractivity contribution in [2.24, 2.45) is 0 Å². The maximum absolute atomic E-state index is 12.4. The van der Waals surface area contributed by atoms with Gasteiger partial charge in [0.15, 0.2) is 16.5 Å². The third kappa shape index (κ3) is 3.34. The molecule has 2 aromatic carbocycles. The number of carbonyl (C=O) groups excluding carboxylic acids is 1. The quantitative estimate of drug-likeness (QED) is 0.424. The van der Waals surface area contributed by atoms with Crippen LogP contribution in [-0.2, 0) is 0 Å². The number of rotatable bonds is 5. The fourth-order valence-electron chi connectivity index (χ4n) is 2.97. The molecule has 0 unspecified atom stereocenters. The van der Waals surface area contributed by atoms with E-state index >= 15 is 0 Å². The van der Waals surface area contributed by atoms with Crippen molar-refractivity contribution < 1.29 is 18.4 Å². The van der Waals surface area contributed by atoms with Crippen molar-refractivity contribution in [2.75, 3.05) is 11.9 Å². The van der Waals surface area contributed by atoms with Gasteiger partial charge in [0.05, 0.1) is 6.61 Å². The molecule has 1 N–H and O–H groups in total. The van der Waals surface area contributed by atoms with E-state index in [0.29, 0.717) is 34.3 Å². The summed E-state index contributed by atoms with van der Waals surface area (Å²) in [6.07, 6.45) is 0. The molecule has 1 amide bonds. The average Bonchev–Trinajstić information content (AvgIpc) is 3.45. The van der Waals surface area contributed by atoms with Crippen LogP contribution in [0.5, 0.6) is 5.75 Å².